The van der Waals surface area contributed by atoms with Gasteiger partial charge < -0.3 is 5.32 Å². The molecule has 0 saturated carbocycles. The van der Waals surface area contributed by atoms with Gasteiger partial charge in [-0.15, -0.1) is 11.3 Å². The van der Waals surface area contributed by atoms with Crippen LogP contribution in [0.15, 0.2) is 65.0 Å². The third-order valence-corrected chi connectivity index (χ3v) is 6.73. The van der Waals surface area contributed by atoms with Crippen LogP contribution in [0.1, 0.15) is 44.4 Å². The summed E-state index contributed by atoms with van der Waals surface area (Å²) in [5, 5.41) is 5.49. The van der Waals surface area contributed by atoms with Gasteiger partial charge in [-0.3, -0.25) is 14.2 Å². The second-order valence-electron chi connectivity index (χ2n) is 7.80. The van der Waals surface area contributed by atoms with Crippen molar-refractivity contribution in [2.75, 3.05) is 5.32 Å². The number of fused-ring (bicyclic) bond motifs is 1. The Morgan fingerprint density at radius 1 is 1.00 bits per heavy atom. The molecule has 2 aromatic heterocycles. The fourth-order valence-corrected chi connectivity index (χ4v) is 4.76. The van der Waals surface area contributed by atoms with E-state index in [-0.39, 0.29) is 11.5 Å². The zero-order chi connectivity index (χ0) is 22.7. The van der Waals surface area contributed by atoms with Crippen LogP contribution in [0.2, 0.25) is 0 Å². The van der Waals surface area contributed by atoms with Gasteiger partial charge in [0.25, 0.3) is 5.56 Å². The minimum Gasteiger partial charge on any atom is -0.324 e. The summed E-state index contributed by atoms with van der Waals surface area (Å²) in [5.74, 6) is -0.218. The van der Waals surface area contributed by atoms with Gasteiger partial charge in [-0.2, -0.15) is 0 Å². The lowest BCUT2D eigenvalue weighted by atomic mass is 10.0. The maximum atomic E-state index is 13.5. The van der Waals surface area contributed by atoms with Crippen LogP contribution in [-0.4, -0.2) is 15.5 Å². The van der Waals surface area contributed by atoms with Crippen molar-refractivity contribution >= 4 is 33.1 Å². The van der Waals surface area contributed by atoms with Crippen molar-refractivity contribution in [1.29, 1.82) is 0 Å². The quantitative estimate of drug-likeness (QED) is 0.389. The molecule has 164 valence electrons. The van der Waals surface area contributed by atoms with Gasteiger partial charge in [-0.25, -0.2) is 4.98 Å². The number of hydrogen-bond acceptors (Lipinski definition) is 4. The smallest absolute Gasteiger partial charge is 0.263 e. The second kappa shape index (κ2) is 9.49. The van der Waals surface area contributed by atoms with E-state index in [2.05, 4.69) is 36.3 Å². The molecule has 0 fully saturated rings. The number of rotatable bonds is 7. The number of aryl methyl sites for hydroxylation is 2. The fraction of sp³-hybridized carbons (Fsp3) is 0.269. The van der Waals surface area contributed by atoms with E-state index in [0.29, 0.717) is 16.6 Å². The summed E-state index contributed by atoms with van der Waals surface area (Å²) in [6.45, 7) is 6.11. The molecule has 0 aliphatic heterocycles. The third-order valence-electron chi connectivity index (χ3n) is 5.85. The third kappa shape index (κ3) is 4.23. The summed E-state index contributed by atoms with van der Waals surface area (Å²) in [6.07, 6.45) is 3.89. The molecule has 0 aliphatic rings. The molecule has 32 heavy (non-hydrogen) atoms. The Labute approximate surface area is 191 Å². The first kappa shape index (κ1) is 22.0. The molecule has 5 nitrogen and oxygen atoms in total. The van der Waals surface area contributed by atoms with Crippen molar-refractivity contribution in [2.45, 2.75) is 46.1 Å². The van der Waals surface area contributed by atoms with Crippen LogP contribution in [0.3, 0.4) is 0 Å². The van der Waals surface area contributed by atoms with Crippen LogP contribution < -0.4 is 10.9 Å². The van der Waals surface area contributed by atoms with Gasteiger partial charge in [0.2, 0.25) is 5.91 Å². The van der Waals surface area contributed by atoms with Crippen molar-refractivity contribution < 1.29 is 4.79 Å². The molecule has 0 unspecified atom stereocenters. The van der Waals surface area contributed by atoms with Gasteiger partial charge in [-0.05, 0) is 48.1 Å². The molecular formula is C26H27N3O2S. The molecule has 6 heteroatoms. The molecule has 1 atom stereocenters. The normalized spacial score (nSPS) is 12.1. The Hall–Kier alpha value is -3.25. The fourth-order valence-electron chi connectivity index (χ4n) is 3.86. The van der Waals surface area contributed by atoms with Crippen molar-refractivity contribution in [2.24, 2.45) is 0 Å². The monoisotopic (exact) mass is 445 g/mol. The van der Waals surface area contributed by atoms with E-state index in [1.807, 2.05) is 48.7 Å². The standard InChI is InChI=1S/C26H27N3O2S/c1-4-17-7-11-19(12-8-17)21-15-32-25-23(21)26(31)29(16-27-25)22(6-3)24(30)28-20-13-9-18(5-2)10-14-20/h7-16,22H,4-6H2,1-3H3,(H,28,30)/t22-/m0/s1. The summed E-state index contributed by atoms with van der Waals surface area (Å²) >= 11 is 1.45. The molecule has 0 radical (unpaired) electrons. The number of carbonyl (C=O) groups excluding carboxylic acids is 1. The number of amides is 1. The summed E-state index contributed by atoms with van der Waals surface area (Å²) in [7, 11) is 0. The van der Waals surface area contributed by atoms with E-state index in [1.54, 1.807) is 0 Å². The van der Waals surface area contributed by atoms with Gasteiger partial charge in [-0.1, -0.05) is 57.2 Å². The molecule has 4 aromatic rings. The van der Waals surface area contributed by atoms with E-state index in [9.17, 15) is 9.59 Å². The molecule has 0 bridgehead atoms. The van der Waals surface area contributed by atoms with Crippen LogP contribution in [-0.2, 0) is 17.6 Å². The highest BCUT2D eigenvalue weighted by atomic mass is 32.1. The van der Waals surface area contributed by atoms with Gasteiger partial charge in [0.1, 0.15) is 10.9 Å². The van der Waals surface area contributed by atoms with E-state index in [4.69, 9.17) is 0 Å². The molecule has 1 amide bonds. The molecule has 4 rings (SSSR count). The zero-order valence-electron chi connectivity index (χ0n) is 18.6. The van der Waals surface area contributed by atoms with E-state index >= 15 is 0 Å². The van der Waals surface area contributed by atoms with E-state index in [0.717, 1.165) is 29.7 Å². The highest BCUT2D eigenvalue weighted by molar-refractivity contribution is 7.17. The minimum absolute atomic E-state index is 0.186. The number of anilines is 1. The van der Waals surface area contributed by atoms with Crippen molar-refractivity contribution in [3.05, 3.63) is 81.7 Å². The van der Waals surface area contributed by atoms with E-state index < -0.39 is 6.04 Å². The number of aromatic nitrogens is 2. The number of carbonyl (C=O) groups is 1. The summed E-state index contributed by atoms with van der Waals surface area (Å²) in [4.78, 5) is 31.7. The Kier molecular flexibility index (Phi) is 6.51. The van der Waals surface area contributed by atoms with Gasteiger partial charge in [0.15, 0.2) is 0 Å². The van der Waals surface area contributed by atoms with E-state index in [1.165, 1.54) is 33.4 Å². The lowest BCUT2D eigenvalue weighted by Crippen LogP contribution is -2.33. The first-order valence-corrected chi connectivity index (χ1v) is 11.9. The lowest BCUT2D eigenvalue weighted by Gasteiger charge is -2.18. The number of nitrogens with zero attached hydrogens (tertiary/aromatic N) is 2. The van der Waals surface area contributed by atoms with Crippen molar-refractivity contribution in [3.8, 4) is 11.1 Å². The van der Waals surface area contributed by atoms with Crippen LogP contribution >= 0.6 is 11.3 Å². The summed E-state index contributed by atoms with van der Waals surface area (Å²) in [5.41, 5.74) is 4.84. The zero-order valence-corrected chi connectivity index (χ0v) is 19.4. The number of hydrogen-bond donors (Lipinski definition) is 1. The summed E-state index contributed by atoms with van der Waals surface area (Å²) < 4.78 is 1.47. The second-order valence-corrected chi connectivity index (χ2v) is 8.66. The van der Waals surface area contributed by atoms with Crippen LogP contribution in [0.5, 0.6) is 0 Å². The lowest BCUT2D eigenvalue weighted by molar-refractivity contribution is -0.119. The first-order chi connectivity index (χ1) is 15.5. The molecule has 0 spiro atoms. The van der Waals surface area contributed by atoms with Gasteiger partial charge in [0, 0.05) is 16.6 Å². The average Bonchev–Trinajstić information content (AvgIpc) is 3.26. The SMILES string of the molecule is CCc1ccc(NC(=O)[C@H](CC)n2cnc3scc(-c4ccc(CC)cc4)c3c2=O)cc1. The molecule has 0 saturated heterocycles. The topological polar surface area (TPSA) is 64.0 Å². The largest absolute Gasteiger partial charge is 0.324 e. The Morgan fingerprint density at radius 2 is 1.62 bits per heavy atom. The van der Waals surface area contributed by atoms with Gasteiger partial charge >= 0.3 is 0 Å². The Balaban J connectivity index is 1.69. The van der Waals surface area contributed by atoms with Crippen LogP contribution in [0.25, 0.3) is 21.3 Å². The van der Waals surface area contributed by atoms with Gasteiger partial charge in [0.05, 0.1) is 11.7 Å². The molecule has 1 N–H and O–H groups in total. The highest BCUT2D eigenvalue weighted by Crippen LogP contribution is 2.31. The predicted octanol–water partition coefficient (Wildman–Crippen LogP) is 5.84. The van der Waals surface area contributed by atoms with Crippen LogP contribution in [0, 0.1) is 0 Å². The molecular weight excluding hydrogens is 418 g/mol. The molecule has 0 aliphatic carbocycles. The van der Waals surface area contributed by atoms with Crippen molar-refractivity contribution in [1.82, 2.24) is 9.55 Å². The number of nitrogens with one attached hydrogen (secondary N) is 1. The first-order valence-electron chi connectivity index (χ1n) is 11.0. The Bertz CT molecular complexity index is 1290. The minimum atomic E-state index is -0.638. The number of thiophene rings is 1. The molecule has 2 aromatic carbocycles. The predicted molar refractivity (Wildman–Crippen MR) is 132 cm³/mol. The maximum absolute atomic E-state index is 13.5. The molecule has 2 heterocycles. The maximum Gasteiger partial charge on any atom is 0.263 e. The highest BCUT2D eigenvalue weighted by Gasteiger charge is 2.23. The Morgan fingerprint density at radius 3 is 2.22 bits per heavy atom. The van der Waals surface area contributed by atoms with Crippen molar-refractivity contribution in [3.63, 3.8) is 0 Å². The number of benzene rings is 2. The van der Waals surface area contributed by atoms with Crippen LogP contribution in [0.4, 0.5) is 5.69 Å². The average molecular weight is 446 g/mol. The summed E-state index contributed by atoms with van der Waals surface area (Å²) in [6, 6.07) is 15.4.